The van der Waals surface area contributed by atoms with Gasteiger partial charge in [-0.05, 0) is 76.2 Å². The Bertz CT molecular complexity index is 893. The van der Waals surface area contributed by atoms with Crippen LogP contribution in [0, 0.1) is 0 Å². The van der Waals surface area contributed by atoms with Crippen LogP contribution < -0.4 is 4.90 Å². The van der Waals surface area contributed by atoms with Crippen molar-refractivity contribution >= 4 is 21.7 Å². The van der Waals surface area contributed by atoms with Gasteiger partial charge in [-0.1, -0.05) is 13.3 Å². The van der Waals surface area contributed by atoms with Gasteiger partial charge < -0.3 is 9.64 Å². The first kappa shape index (κ1) is 23.5. The maximum absolute atomic E-state index is 13.6. The van der Waals surface area contributed by atoms with E-state index >= 15 is 0 Å². The molecule has 0 aliphatic carbocycles. The Balaban J connectivity index is 1.61. The highest BCUT2D eigenvalue weighted by atomic mass is 32.2. The Morgan fingerprint density at radius 3 is 2.34 bits per heavy atom. The Morgan fingerprint density at radius 2 is 1.66 bits per heavy atom. The van der Waals surface area contributed by atoms with Crippen LogP contribution >= 0.6 is 0 Å². The van der Waals surface area contributed by atoms with Crippen molar-refractivity contribution in [2.24, 2.45) is 0 Å². The monoisotopic (exact) mass is 463 g/mol. The molecule has 4 rings (SSSR count). The van der Waals surface area contributed by atoms with E-state index in [9.17, 15) is 13.2 Å². The molecule has 178 valence electrons. The third-order valence-corrected chi connectivity index (χ3v) is 8.94. The molecule has 3 fully saturated rings. The maximum atomic E-state index is 13.6. The normalized spacial score (nSPS) is 23.8. The van der Waals surface area contributed by atoms with Crippen molar-refractivity contribution in [2.45, 2.75) is 69.3 Å². The molecule has 0 radical (unpaired) electrons. The lowest BCUT2D eigenvalue weighted by Crippen LogP contribution is -2.40. The highest BCUT2D eigenvalue weighted by Gasteiger charge is 2.32. The molecule has 0 N–H and O–H groups in total. The van der Waals surface area contributed by atoms with Crippen LogP contribution in [-0.2, 0) is 14.8 Å². The molecule has 3 heterocycles. The quantitative estimate of drug-likeness (QED) is 0.602. The first-order chi connectivity index (χ1) is 15.5. The zero-order valence-corrected chi connectivity index (χ0v) is 20.1. The second-order valence-electron chi connectivity index (χ2n) is 9.26. The van der Waals surface area contributed by atoms with Crippen LogP contribution in [0.15, 0.2) is 23.1 Å². The third kappa shape index (κ3) is 5.29. The van der Waals surface area contributed by atoms with Crippen molar-refractivity contribution in [2.75, 3.05) is 50.7 Å². The van der Waals surface area contributed by atoms with Gasteiger partial charge in [0.2, 0.25) is 10.0 Å². The number of carbonyl (C=O) groups is 1. The van der Waals surface area contributed by atoms with Crippen LogP contribution in [0.4, 0.5) is 5.69 Å². The Labute approximate surface area is 192 Å². The molecule has 0 spiro atoms. The summed E-state index contributed by atoms with van der Waals surface area (Å²) < 4.78 is 34.7. The molecule has 0 saturated carbocycles. The number of likely N-dealkylation sites (N-methyl/N-ethyl adjacent to an activating group) is 1. The summed E-state index contributed by atoms with van der Waals surface area (Å²) in [4.78, 5) is 17.7. The molecule has 7 nitrogen and oxygen atoms in total. The summed E-state index contributed by atoms with van der Waals surface area (Å²) >= 11 is 0. The van der Waals surface area contributed by atoms with E-state index in [-0.39, 0.29) is 11.0 Å². The number of anilines is 1. The van der Waals surface area contributed by atoms with Crippen LogP contribution in [0.25, 0.3) is 0 Å². The van der Waals surface area contributed by atoms with Crippen molar-refractivity contribution in [3.63, 3.8) is 0 Å². The second kappa shape index (κ2) is 10.5. The number of hydrogen-bond acceptors (Lipinski definition) is 6. The number of hydrogen-bond donors (Lipinski definition) is 0. The number of carbonyl (C=O) groups excluding carboxylic acids is 1. The van der Waals surface area contributed by atoms with Crippen LogP contribution in [-0.4, -0.2) is 75.5 Å². The number of piperidine rings is 3. The standard InChI is InChI=1S/C24H37N3O4S/c1-2-25-13-9-10-21(19-25)31-24(28)20-11-12-22(26-14-5-3-6-15-26)23(18-20)32(29,30)27-16-7-4-8-17-27/h11-12,18,21H,2-10,13-17,19H2,1H3. The summed E-state index contributed by atoms with van der Waals surface area (Å²) in [6.45, 7) is 7.62. The van der Waals surface area contributed by atoms with E-state index in [1.165, 1.54) is 6.42 Å². The van der Waals surface area contributed by atoms with E-state index in [2.05, 4.69) is 16.7 Å². The third-order valence-electron chi connectivity index (χ3n) is 7.01. The predicted octanol–water partition coefficient (Wildman–Crippen LogP) is 3.49. The molecule has 3 aliphatic rings. The molecule has 32 heavy (non-hydrogen) atoms. The zero-order chi connectivity index (χ0) is 22.6. The van der Waals surface area contributed by atoms with Crippen molar-refractivity contribution in [1.29, 1.82) is 0 Å². The van der Waals surface area contributed by atoms with E-state index < -0.39 is 16.0 Å². The first-order valence-electron chi connectivity index (χ1n) is 12.3. The van der Waals surface area contributed by atoms with Crippen LogP contribution in [0.1, 0.15) is 68.6 Å². The minimum absolute atomic E-state index is 0.139. The molecule has 1 unspecified atom stereocenters. The smallest absolute Gasteiger partial charge is 0.338 e. The summed E-state index contributed by atoms with van der Waals surface area (Å²) in [6, 6.07) is 5.12. The highest BCUT2D eigenvalue weighted by Crippen LogP contribution is 2.32. The zero-order valence-electron chi connectivity index (χ0n) is 19.3. The molecule has 1 aromatic carbocycles. The van der Waals surface area contributed by atoms with Gasteiger partial charge >= 0.3 is 5.97 Å². The summed E-state index contributed by atoms with van der Waals surface area (Å²) in [5.41, 5.74) is 1.05. The molecule has 0 amide bonds. The summed E-state index contributed by atoms with van der Waals surface area (Å²) in [5.74, 6) is -0.423. The number of benzene rings is 1. The van der Waals surface area contributed by atoms with E-state index in [0.717, 1.165) is 83.4 Å². The number of sulfonamides is 1. The van der Waals surface area contributed by atoms with Crippen molar-refractivity contribution in [1.82, 2.24) is 9.21 Å². The van der Waals surface area contributed by atoms with Crippen LogP contribution in [0.5, 0.6) is 0 Å². The number of ether oxygens (including phenoxy) is 1. The van der Waals surface area contributed by atoms with Gasteiger partial charge in [0.25, 0.3) is 0 Å². The maximum Gasteiger partial charge on any atom is 0.338 e. The van der Waals surface area contributed by atoms with Crippen LogP contribution in [0.2, 0.25) is 0 Å². The average molecular weight is 464 g/mol. The Morgan fingerprint density at radius 1 is 0.969 bits per heavy atom. The minimum Gasteiger partial charge on any atom is -0.457 e. The van der Waals surface area contributed by atoms with Crippen LogP contribution in [0.3, 0.4) is 0 Å². The van der Waals surface area contributed by atoms with Crippen molar-refractivity contribution < 1.29 is 17.9 Å². The predicted molar refractivity (Wildman–Crippen MR) is 126 cm³/mol. The van der Waals surface area contributed by atoms with Gasteiger partial charge in [-0.15, -0.1) is 0 Å². The van der Waals surface area contributed by atoms with Gasteiger partial charge in [0.05, 0.1) is 11.3 Å². The lowest BCUT2D eigenvalue weighted by Gasteiger charge is -2.33. The van der Waals surface area contributed by atoms with E-state index in [1.54, 1.807) is 16.4 Å². The molecular weight excluding hydrogens is 426 g/mol. The largest absolute Gasteiger partial charge is 0.457 e. The Kier molecular flexibility index (Phi) is 7.74. The molecule has 1 atom stereocenters. The fraction of sp³-hybridized carbons (Fsp3) is 0.708. The topological polar surface area (TPSA) is 70.2 Å². The SMILES string of the molecule is CCN1CCCC(OC(=O)c2ccc(N3CCCCC3)c(S(=O)(=O)N3CCCCC3)c2)C1. The lowest BCUT2D eigenvalue weighted by atomic mass is 10.1. The lowest BCUT2D eigenvalue weighted by molar-refractivity contribution is 0.00772. The van der Waals surface area contributed by atoms with Gasteiger partial charge in [0.1, 0.15) is 11.0 Å². The van der Waals surface area contributed by atoms with Crippen molar-refractivity contribution in [3.05, 3.63) is 23.8 Å². The molecule has 3 aliphatic heterocycles. The average Bonchev–Trinajstić information content (AvgIpc) is 2.85. The second-order valence-corrected chi connectivity index (χ2v) is 11.2. The molecular formula is C24H37N3O4S. The molecule has 3 saturated heterocycles. The number of rotatable bonds is 6. The van der Waals surface area contributed by atoms with Gasteiger partial charge in [-0.25, -0.2) is 13.2 Å². The minimum atomic E-state index is -3.67. The van der Waals surface area contributed by atoms with Gasteiger partial charge in [-0.3, -0.25) is 4.90 Å². The summed E-state index contributed by atoms with van der Waals surface area (Å²) in [7, 11) is -3.67. The number of likely N-dealkylation sites (tertiary alicyclic amines) is 1. The molecule has 0 aromatic heterocycles. The molecule has 1 aromatic rings. The molecule has 0 bridgehead atoms. The Hall–Kier alpha value is -1.64. The fourth-order valence-corrected chi connectivity index (χ4v) is 6.86. The van der Waals surface area contributed by atoms with Gasteiger partial charge in [-0.2, -0.15) is 4.31 Å². The number of nitrogens with zero attached hydrogens (tertiary/aromatic N) is 3. The van der Waals surface area contributed by atoms with E-state index in [0.29, 0.717) is 18.7 Å². The summed E-state index contributed by atoms with van der Waals surface area (Å²) in [6.07, 6.45) is 7.84. The van der Waals surface area contributed by atoms with E-state index in [4.69, 9.17) is 4.74 Å². The fourth-order valence-electron chi connectivity index (χ4n) is 5.10. The highest BCUT2D eigenvalue weighted by molar-refractivity contribution is 7.89. The van der Waals surface area contributed by atoms with Gasteiger partial charge in [0.15, 0.2) is 0 Å². The van der Waals surface area contributed by atoms with Crippen molar-refractivity contribution in [3.8, 4) is 0 Å². The van der Waals surface area contributed by atoms with Gasteiger partial charge in [0, 0.05) is 32.7 Å². The molecule has 8 heteroatoms. The first-order valence-corrected chi connectivity index (χ1v) is 13.8. The summed E-state index contributed by atoms with van der Waals surface area (Å²) in [5, 5.41) is 0. The number of esters is 1. The van der Waals surface area contributed by atoms with E-state index in [1.807, 2.05) is 6.07 Å².